The maximum atomic E-state index is 10.9. The van der Waals surface area contributed by atoms with Crippen molar-refractivity contribution in [1.29, 1.82) is 0 Å². The highest BCUT2D eigenvalue weighted by Crippen LogP contribution is 2.33. The summed E-state index contributed by atoms with van der Waals surface area (Å²) in [4.78, 5) is 14.3. The van der Waals surface area contributed by atoms with E-state index < -0.39 is 11.0 Å². The van der Waals surface area contributed by atoms with E-state index in [9.17, 15) is 15.2 Å². The minimum atomic E-state index is -0.685. The molecule has 0 aliphatic carbocycles. The standard InChI is InChI=1S/C13H11ClN2O4/c1-8(17)9-4-5-15-13(6-9)20-12-7-10(14)2-3-11(12)16(18)19/h2-8,17H,1H3. The Balaban J connectivity index is 2.36. The fourth-order valence-corrected chi connectivity index (χ4v) is 1.74. The third-order valence-electron chi connectivity index (χ3n) is 2.57. The third kappa shape index (κ3) is 3.23. The van der Waals surface area contributed by atoms with Gasteiger partial charge in [0.1, 0.15) is 0 Å². The fraction of sp³-hybridized carbons (Fsp3) is 0.154. The van der Waals surface area contributed by atoms with Gasteiger partial charge in [-0.2, -0.15) is 0 Å². The molecular formula is C13H11ClN2O4. The van der Waals surface area contributed by atoms with Crippen LogP contribution in [0.5, 0.6) is 11.6 Å². The molecule has 0 spiro atoms. The lowest BCUT2D eigenvalue weighted by Crippen LogP contribution is -1.97. The summed E-state index contributed by atoms with van der Waals surface area (Å²) >= 11 is 5.81. The zero-order chi connectivity index (χ0) is 14.7. The average Bonchev–Trinajstić information content (AvgIpc) is 2.38. The van der Waals surface area contributed by atoms with Crippen LogP contribution in [0, 0.1) is 10.1 Å². The normalized spacial score (nSPS) is 11.9. The minimum Gasteiger partial charge on any atom is -0.432 e. The number of hydrogen-bond acceptors (Lipinski definition) is 5. The molecule has 1 unspecified atom stereocenters. The lowest BCUT2D eigenvalue weighted by Gasteiger charge is -2.08. The number of ether oxygens (including phenoxy) is 1. The molecule has 20 heavy (non-hydrogen) atoms. The lowest BCUT2D eigenvalue weighted by atomic mass is 10.2. The molecule has 0 bridgehead atoms. The van der Waals surface area contributed by atoms with Gasteiger partial charge in [0, 0.05) is 29.4 Å². The van der Waals surface area contributed by atoms with E-state index in [4.69, 9.17) is 16.3 Å². The number of benzene rings is 1. The number of nitro groups is 1. The quantitative estimate of drug-likeness (QED) is 0.689. The van der Waals surface area contributed by atoms with Crippen molar-refractivity contribution in [3.63, 3.8) is 0 Å². The maximum absolute atomic E-state index is 10.9. The van der Waals surface area contributed by atoms with Gasteiger partial charge in [-0.1, -0.05) is 11.6 Å². The van der Waals surface area contributed by atoms with E-state index in [0.29, 0.717) is 10.6 Å². The van der Waals surface area contributed by atoms with Crippen LogP contribution < -0.4 is 4.74 Å². The summed E-state index contributed by atoms with van der Waals surface area (Å²) in [5.41, 5.74) is 0.387. The number of aromatic nitrogens is 1. The molecule has 0 saturated heterocycles. The maximum Gasteiger partial charge on any atom is 0.311 e. The summed E-state index contributed by atoms with van der Waals surface area (Å²) in [7, 11) is 0. The predicted molar refractivity (Wildman–Crippen MR) is 73.1 cm³/mol. The first-order valence-corrected chi connectivity index (χ1v) is 6.11. The molecule has 1 aromatic heterocycles. The molecule has 6 nitrogen and oxygen atoms in total. The van der Waals surface area contributed by atoms with Crippen molar-refractivity contribution in [3.05, 3.63) is 57.2 Å². The summed E-state index contributed by atoms with van der Waals surface area (Å²) < 4.78 is 5.39. The molecule has 1 aromatic carbocycles. The van der Waals surface area contributed by atoms with Crippen LogP contribution >= 0.6 is 11.6 Å². The molecule has 104 valence electrons. The molecule has 7 heteroatoms. The Morgan fingerprint density at radius 1 is 1.40 bits per heavy atom. The summed E-state index contributed by atoms with van der Waals surface area (Å²) in [5.74, 6) is 0.145. The van der Waals surface area contributed by atoms with Gasteiger partial charge >= 0.3 is 5.69 Å². The molecule has 0 aliphatic heterocycles. The second-order valence-corrected chi connectivity index (χ2v) is 4.51. The van der Waals surface area contributed by atoms with Crippen LogP contribution in [0.1, 0.15) is 18.6 Å². The monoisotopic (exact) mass is 294 g/mol. The van der Waals surface area contributed by atoms with Crippen molar-refractivity contribution in [2.24, 2.45) is 0 Å². The highest BCUT2D eigenvalue weighted by atomic mass is 35.5. The fourth-order valence-electron chi connectivity index (χ4n) is 1.57. The van der Waals surface area contributed by atoms with Crippen molar-refractivity contribution in [1.82, 2.24) is 4.98 Å². The first kappa shape index (κ1) is 14.2. The summed E-state index contributed by atoms with van der Waals surface area (Å²) in [6, 6.07) is 7.15. The average molecular weight is 295 g/mol. The van der Waals surface area contributed by atoms with Gasteiger partial charge in [-0.05, 0) is 24.6 Å². The van der Waals surface area contributed by atoms with E-state index in [-0.39, 0.29) is 17.3 Å². The van der Waals surface area contributed by atoms with Crippen molar-refractivity contribution < 1.29 is 14.8 Å². The second kappa shape index (κ2) is 5.85. The van der Waals surface area contributed by atoms with E-state index >= 15 is 0 Å². The van der Waals surface area contributed by atoms with Gasteiger partial charge in [-0.15, -0.1) is 0 Å². The Hall–Kier alpha value is -2.18. The number of halogens is 1. The Kier molecular flexibility index (Phi) is 4.16. The summed E-state index contributed by atoms with van der Waals surface area (Å²) in [6.07, 6.45) is 0.767. The van der Waals surface area contributed by atoms with Gasteiger partial charge < -0.3 is 9.84 Å². The molecule has 1 heterocycles. The van der Waals surface area contributed by atoms with Gasteiger partial charge in [0.05, 0.1) is 11.0 Å². The van der Waals surface area contributed by atoms with Crippen molar-refractivity contribution in [2.75, 3.05) is 0 Å². The molecule has 1 atom stereocenters. The molecule has 0 saturated carbocycles. The van der Waals surface area contributed by atoms with Crippen molar-refractivity contribution in [3.8, 4) is 11.6 Å². The van der Waals surface area contributed by atoms with Gasteiger partial charge in [0.2, 0.25) is 11.6 Å². The number of aliphatic hydroxyl groups is 1. The number of nitrogens with zero attached hydrogens (tertiary/aromatic N) is 2. The second-order valence-electron chi connectivity index (χ2n) is 4.07. The Morgan fingerprint density at radius 2 is 2.15 bits per heavy atom. The van der Waals surface area contributed by atoms with E-state index in [2.05, 4.69) is 4.98 Å². The number of rotatable bonds is 4. The minimum absolute atomic E-state index is 0.00209. The summed E-state index contributed by atoms with van der Waals surface area (Å²) in [5, 5.41) is 20.7. The Labute approximate surface area is 119 Å². The number of aliphatic hydroxyl groups excluding tert-OH is 1. The van der Waals surface area contributed by atoms with E-state index in [1.54, 1.807) is 13.0 Å². The molecule has 0 aliphatic rings. The smallest absolute Gasteiger partial charge is 0.311 e. The first-order valence-electron chi connectivity index (χ1n) is 5.73. The SMILES string of the molecule is CC(O)c1ccnc(Oc2cc(Cl)ccc2[N+](=O)[O-])c1. The van der Waals surface area contributed by atoms with Gasteiger partial charge in [0.25, 0.3) is 0 Å². The van der Waals surface area contributed by atoms with E-state index in [1.807, 2.05) is 0 Å². The molecular weight excluding hydrogens is 284 g/mol. The molecule has 1 N–H and O–H groups in total. The zero-order valence-electron chi connectivity index (χ0n) is 10.5. The highest BCUT2D eigenvalue weighted by Gasteiger charge is 2.17. The lowest BCUT2D eigenvalue weighted by molar-refractivity contribution is -0.385. The predicted octanol–water partition coefficient (Wildman–Crippen LogP) is 3.49. The van der Waals surface area contributed by atoms with Crippen LogP contribution in [0.15, 0.2) is 36.5 Å². The zero-order valence-corrected chi connectivity index (χ0v) is 11.2. The van der Waals surface area contributed by atoms with E-state index in [1.165, 1.54) is 30.5 Å². The molecule has 0 radical (unpaired) electrons. The van der Waals surface area contributed by atoms with Gasteiger partial charge in [0.15, 0.2) is 0 Å². The first-order chi connectivity index (χ1) is 9.47. The summed E-state index contributed by atoms with van der Waals surface area (Å²) in [6.45, 7) is 1.60. The van der Waals surface area contributed by atoms with E-state index in [0.717, 1.165) is 0 Å². The number of nitro benzene ring substituents is 1. The Bertz CT molecular complexity index is 646. The molecule has 2 rings (SSSR count). The number of pyridine rings is 1. The van der Waals surface area contributed by atoms with Crippen LogP contribution in [-0.2, 0) is 0 Å². The molecule has 2 aromatic rings. The Morgan fingerprint density at radius 3 is 2.80 bits per heavy atom. The van der Waals surface area contributed by atoms with Crippen LogP contribution in [0.2, 0.25) is 5.02 Å². The van der Waals surface area contributed by atoms with Crippen molar-refractivity contribution >= 4 is 17.3 Å². The van der Waals surface area contributed by atoms with Crippen LogP contribution in [-0.4, -0.2) is 15.0 Å². The largest absolute Gasteiger partial charge is 0.432 e. The molecule has 0 amide bonds. The van der Waals surface area contributed by atoms with Crippen LogP contribution in [0.4, 0.5) is 5.69 Å². The topological polar surface area (TPSA) is 85.5 Å². The molecule has 0 fully saturated rings. The number of hydrogen-bond donors (Lipinski definition) is 1. The van der Waals surface area contributed by atoms with Crippen LogP contribution in [0.3, 0.4) is 0 Å². The van der Waals surface area contributed by atoms with Gasteiger partial charge in [-0.3, -0.25) is 10.1 Å². The highest BCUT2D eigenvalue weighted by molar-refractivity contribution is 6.30. The van der Waals surface area contributed by atoms with Crippen molar-refractivity contribution in [2.45, 2.75) is 13.0 Å². The van der Waals surface area contributed by atoms with Gasteiger partial charge in [-0.25, -0.2) is 4.98 Å². The third-order valence-corrected chi connectivity index (χ3v) is 2.81. The van der Waals surface area contributed by atoms with Crippen LogP contribution in [0.25, 0.3) is 0 Å².